The van der Waals surface area contributed by atoms with Crippen LogP contribution in [-0.2, 0) is 10.0 Å². The first-order valence-corrected chi connectivity index (χ1v) is 6.65. The summed E-state index contributed by atoms with van der Waals surface area (Å²) in [4.78, 5) is 6.87. The predicted octanol–water partition coefficient (Wildman–Crippen LogP) is 0.708. The van der Waals surface area contributed by atoms with E-state index in [1.165, 1.54) is 0 Å². The first-order chi connectivity index (χ1) is 6.93. The van der Waals surface area contributed by atoms with Gasteiger partial charge in [0.05, 0.1) is 10.5 Å². The van der Waals surface area contributed by atoms with Crippen LogP contribution in [-0.4, -0.2) is 30.2 Å². The number of thiol groups is 1. The maximum Gasteiger partial charge on any atom is 0.213 e. The van der Waals surface area contributed by atoms with E-state index in [1.54, 1.807) is 26.2 Å². The minimum Gasteiger partial charge on any atom is -0.348 e. The SMILES string of the molecule is CC(C)S(=O)(=O)NCC(S)c1ncc[nH]1. The van der Waals surface area contributed by atoms with Gasteiger partial charge in [0.1, 0.15) is 5.82 Å². The molecule has 0 aliphatic heterocycles. The molecule has 0 aliphatic carbocycles. The lowest BCUT2D eigenvalue weighted by Gasteiger charge is -2.12. The summed E-state index contributed by atoms with van der Waals surface area (Å²) < 4.78 is 25.3. The highest BCUT2D eigenvalue weighted by Crippen LogP contribution is 2.14. The van der Waals surface area contributed by atoms with E-state index in [0.717, 1.165) is 0 Å². The molecule has 1 aromatic heterocycles. The Hall–Kier alpha value is -0.530. The first-order valence-electron chi connectivity index (χ1n) is 4.59. The van der Waals surface area contributed by atoms with Crippen LogP contribution < -0.4 is 4.72 Å². The fourth-order valence-corrected chi connectivity index (χ4v) is 2.01. The summed E-state index contributed by atoms with van der Waals surface area (Å²) in [6.07, 6.45) is 3.28. The lowest BCUT2D eigenvalue weighted by Crippen LogP contribution is -2.33. The Labute approximate surface area is 95.2 Å². The summed E-state index contributed by atoms with van der Waals surface area (Å²) in [6, 6.07) is 0. The second kappa shape index (κ2) is 5.00. The van der Waals surface area contributed by atoms with Gasteiger partial charge in [0.2, 0.25) is 10.0 Å². The fraction of sp³-hybridized carbons (Fsp3) is 0.625. The summed E-state index contributed by atoms with van der Waals surface area (Å²) >= 11 is 4.25. The zero-order chi connectivity index (χ0) is 11.5. The normalized spacial score (nSPS) is 14.4. The molecule has 0 amide bonds. The molecule has 7 heteroatoms. The maximum absolute atomic E-state index is 11.4. The third-order valence-corrected chi connectivity index (χ3v) is 4.17. The fourth-order valence-electron chi connectivity index (χ4n) is 0.918. The maximum atomic E-state index is 11.4. The molecule has 0 fully saturated rings. The number of sulfonamides is 1. The van der Waals surface area contributed by atoms with Gasteiger partial charge in [0.25, 0.3) is 0 Å². The largest absolute Gasteiger partial charge is 0.348 e. The molecular formula is C8H15N3O2S2. The molecule has 2 N–H and O–H groups in total. The van der Waals surface area contributed by atoms with Crippen LogP contribution in [0.2, 0.25) is 0 Å². The van der Waals surface area contributed by atoms with Gasteiger partial charge in [-0.25, -0.2) is 18.1 Å². The van der Waals surface area contributed by atoms with E-state index in [1.807, 2.05) is 0 Å². The molecular weight excluding hydrogens is 234 g/mol. The average Bonchev–Trinajstić information content (AvgIpc) is 2.66. The van der Waals surface area contributed by atoms with Crippen molar-refractivity contribution < 1.29 is 8.42 Å². The number of rotatable bonds is 5. The van der Waals surface area contributed by atoms with E-state index in [4.69, 9.17) is 0 Å². The van der Waals surface area contributed by atoms with Crippen LogP contribution >= 0.6 is 12.6 Å². The van der Waals surface area contributed by atoms with Crippen LogP contribution in [0.25, 0.3) is 0 Å². The number of hydrogen-bond donors (Lipinski definition) is 3. The van der Waals surface area contributed by atoms with Crippen LogP contribution in [0.15, 0.2) is 12.4 Å². The molecule has 0 aromatic carbocycles. The third-order valence-electron chi connectivity index (χ3n) is 1.93. The number of aromatic amines is 1. The number of nitrogens with one attached hydrogen (secondary N) is 2. The molecule has 5 nitrogen and oxygen atoms in total. The van der Waals surface area contributed by atoms with E-state index in [0.29, 0.717) is 5.82 Å². The van der Waals surface area contributed by atoms with Crippen LogP contribution in [0.3, 0.4) is 0 Å². The molecule has 1 atom stereocenters. The standard InChI is InChI=1S/C8H15N3O2S2/c1-6(2)15(12,13)11-5-7(14)8-9-3-4-10-8/h3-4,6-7,11,14H,5H2,1-2H3,(H,9,10). The van der Waals surface area contributed by atoms with Gasteiger partial charge < -0.3 is 4.98 Å². The lowest BCUT2D eigenvalue weighted by molar-refractivity contribution is 0.571. The molecule has 1 aromatic rings. The Bertz CT molecular complexity index is 386. The minimum absolute atomic E-state index is 0.233. The van der Waals surface area contributed by atoms with Gasteiger partial charge in [0, 0.05) is 18.9 Å². The number of nitrogens with zero attached hydrogens (tertiary/aromatic N) is 1. The molecule has 0 radical (unpaired) electrons. The second-order valence-corrected chi connectivity index (χ2v) is 6.38. The first kappa shape index (κ1) is 12.5. The van der Waals surface area contributed by atoms with E-state index < -0.39 is 15.3 Å². The molecule has 1 unspecified atom stereocenters. The molecule has 0 spiro atoms. The van der Waals surface area contributed by atoms with Crippen LogP contribution in [0.5, 0.6) is 0 Å². The van der Waals surface area contributed by atoms with Crippen molar-refractivity contribution in [1.29, 1.82) is 0 Å². The molecule has 0 bridgehead atoms. The molecule has 1 rings (SSSR count). The Morgan fingerprint density at radius 3 is 2.73 bits per heavy atom. The van der Waals surface area contributed by atoms with Gasteiger partial charge >= 0.3 is 0 Å². The van der Waals surface area contributed by atoms with Gasteiger partial charge in [-0.3, -0.25) is 0 Å². The lowest BCUT2D eigenvalue weighted by atomic mass is 10.4. The average molecular weight is 249 g/mol. The Balaban J connectivity index is 2.52. The quantitative estimate of drug-likeness (QED) is 0.673. The highest BCUT2D eigenvalue weighted by molar-refractivity contribution is 7.90. The zero-order valence-corrected chi connectivity index (χ0v) is 10.3. The zero-order valence-electron chi connectivity index (χ0n) is 8.64. The monoisotopic (exact) mass is 249 g/mol. The minimum atomic E-state index is -3.22. The number of imidazole rings is 1. The number of H-pyrrole nitrogens is 1. The summed E-state index contributed by atoms with van der Waals surface area (Å²) in [7, 11) is -3.22. The van der Waals surface area contributed by atoms with Gasteiger partial charge in [-0.15, -0.1) is 0 Å². The number of aromatic nitrogens is 2. The van der Waals surface area contributed by atoms with Crippen molar-refractivity contribution in [3.8, 4) is 0 Å². The molecule has 1 heterocycles. The second-order valence-electron chi connectivity index (χ2n) is 3.43. The highest BCUT2D eigenvalue weighted by atomic mass is 32.2. The van der Waals surface area contributed by atoms with E-state index in [-0.39, 0.29) is 11.8 Å². The summed E-state index contributed by atoms with van der Waals surface area (Å²) in [6.45, 7) is 3.49. The van der Waals surface area contributed by atoms with Gasteiger partial charge in [-0.1, -0.05) is 0 Å². The molecule has 86 valence electrons. The van der Waals surface area contributed by atoms with Crippen molar-refractivity contribution in [2.75, 3.05) is 6.54 Å². The van der Waals surface area contributed by atoms with Crippen molar-refractivity contribution in [3.05, 3.63) is 18.2 Å². The highest BCUT2D eigenvalue weighted by Gasteiger charge is 2.17. The Kier molecular flexibility index (Phi) is 4.18. The number of hydrogen-bond acceptors (Lipinski definition) is 4. The van der Waals surface area contributed by atoms with Crippen molar-refractivity contribution in [2.45, 2.75) is 24.3 Å². The van der Waals surface area contributed by atoms with Crippen LogP contribution in [0.1, 0.15) is 24.9 Å². The molecule has 0 aliphatic rings. The Morgan fingerprint density at radius 2 is 2.27 bits per heavy atom. The predicted molar refractivity (Wildman–Crippen MR) is 62.4 cm³/mol. The van der Waals surface area contributed by atoms with Crippen molar-refractivity contribution >= 4 is 22.7 Å². The molecule has 0 saturated carbocycles. The van der Waals surface area contributed by atoms with Gasteiger partial charge in [-0.2, -0.15) is 12.6 Å². The van der Waals surface area contributed by atoms with Gasteiger partial charge in [-0.05, 0) is 13.8 Å². The van der Waals surface area contributed by atoms with Crippen LogP contribution in [0, 0.1) is 0 Å². The summed E-state index contributed by atoms with van der Waals surface area (Å²) in [5.41, 5.74) is 0. The van der Waals surface area contributed by atoms with E-state index in [9.17, 15) is 8.42 Å². The molecule has 0 saturated heterocycles. The summed E-state index contributed by atoms with van der Waals surface area (Å²) in [5, 5.41) is -0.692. The van der Waals surface area contributed by atoms with Crippen molar-refractivity contribution in [1.82, 2.24) is 14.7 Å². The van der Waals surface area contributed by atoms with E-state index in [2.05, 4.69) is 27.3 Å². The topological polar surface area (TPSA) is 74.8 Å². The smallest absolute Gasteiger partial charge is 0.213 e. The molecule has 15 heavy (non-hydrogen) atoms. The Morgan fingerprint density at radius 1 is 1.60 bits per heavy atom. The summed E-state index contributed by atoms with van der Waals surface area (Å²) in [5.74, 6) is 0.657. The van der Waals surface area contributed by atoms with E-state index >= 15 is 0 Å². The van der Waals surface area contributed by atoms with Crippen LogP contribution in [0.4, 0.5) is 0 Å². The van der Waals surface area contributed by atoms with Crippen molar-refractivity contribution in [3.63, 3.8) is 0 Å². The third kappa shape index (κ3) is 3.51. The van der Waals surface area contributed by atoms with Gasteiger partial charge in [0.15, 0.2) is 0 Å². The van der Waals surface area contributed by atoms with Crippen molar-refractivity contribution in [2.24, 2.45) is 0 Å².